The summed E-state index contributed by atoms with van der Waals surface area (Å²) in [6.45, 7) is 0. The number of aliphatic hydroxyl groups excluding tert-OH is 1. The van der Waals surface area contributed by atoms with Gasteiger partial charge >= 0.3 is 6.18 Å². The lowest BCUT2D eigenvalue weighted by Gasteiger charge is -2.27. The lowest BCUT2D eigenvalue weighted by molar-refractivity contribution is -0.137. The fourth-order valence-electron chi connectivity index (χ4n) is 2.21. The average Bonchev–Trinajstić information content (AvgIpc) is 2.33. The third-order valence-corrected chi connectivity index (χ3v) is 4.76. The van der Waals surface area contributed by atoms with Crippen molar-refractivity contribution in [2.75, 3.05) is 5.73 Å². The summed E-state index contributed by atoms with van der Waals surface area (Å²) in [7, 11) is 0. The van der Waals surface area contributed by atoms with Gasteiger partial charge in [-0.2, -0.15) is 13.2 Å². The molecule has 1 aliphatic rings. The molecule has 2 nitrogen and oxygen atoms in total. The van der Waals surface area contributed by atoms with Crippen molar-refractivity contribution in [3.8, 4) is 0 Å². The predicted molar refractivity (Wildman–Crippen MR) is 70.0 cm³/mol. The van der Waals surface area contributed by atoms with Crippen LogP contribution in [0.4, 0.5) is 18.9 Å². The van der Waals surface area contributed by atoms with E-state index in [1.165, 1.54) is 17.8 Å². The van der Waals surface area contributed by atoms with Gasteiger partial charge in [-0.15, -0.1) is 11.8 Å². The second-order valence-electron chi connectivity index (χ2n) is 4.76. The van der Waals surface area contributed by atoms with Gasteiger partial charge in [0, 0.05) is 15.8 Å². The van der Waals surface area contributed by atoms with Crippen molar-refractivity contribution < 1.29 is 18.3 Å². The van der Waals surface area contributed by atoms with Crippen LogP contribution < -0.4 is 5.73 Å². The van der Waals surface area contributed by atoms with E-state index in [-0.39, 0.29) is 10.9 Å². The van der Waals surface area contributed by atoms with E-state index in [0.29, 0.717) is 4.90 Å². The van der Waals surface area contributed by atoms with Crippen LogP contribution in [0.3, 0.4) is 0 Å². The molecule has 19 heavy (non-hydrogen) atoms. The summed E-state index contributed by atoms with van der Waals surface area (Å²) in [6.07, 6.45) is -1.12. The van der Waals surface area contributed by atoms with E-state index in [9.17, 15) is 18.3 Å². The Morgan fingerprint density at radius 3 is 2.47 bits per heavy atom. The molecule has 1 fully saturated rings. The van der Waals surface area contributed by atoms with E-state index in [2.05, 4.69) is 0 Å². The molecule has 1 aromatic carbocycles. The van der Waals surface area contributed by atoms with Crippen LogP contribution >= 0.6 is 11.8 Å². The Morgan fingerprint density at radius 2 is 1.89 bits per heavy atom. The Hall–Kier alpha value is -0.880. The molecule has 0 saturated heterocycles. The Morgan fingerprint density at radius 1 is 1.21 bits per heavy atom. The molecule has 0 bridgehead atoms. The van der Waals surface area contributed by atoms with Crippen molar-refractivity contribution in [3.63, 3.8) is 0 Å². The zero-order valence-electron chi connectivity index (χ0n) is 10.3. The molecule has 1 aliphatic carbocycles. The minimum absolute atomic E-state index is 0.0211. The standard InChI is InChI=1S/C13H16F3NOS/c14-13(15,16)8-5-6-11(9(17)7-8)19-12-4-2-1-3-10(12)18/h5-7,10,12,18H,1-4,17H2. The first kappa shape index (κ1) is 14.5. The molecule has 1 saturated carbocycles. The first-order valence-electron chi connectivity index (χ1n) is 6.19. The van der Waals surface area contributed by atoms with Crippen molar-refractivity contribution in [2.45, 2.75) is 48.1 Å². The van der Waals surface area contributed by atoms with E-state index >= 15 is 0 Å². The maximum absolute atomic E-state index is 12.5. The van der Waals surface area contributed by atoms with Gasteiger partial charge < -0.3 is 10.8 Å². The van der Waals surface area contributed by atoms with Crippen LogP contribution in [0.15, 0.2) is 23.1 Å². The molecule has 2 rings (SSSR count). The average molecular weight is 291 g/mol. The maximum Gasteiger partial charge on any atom is 0.416 e. The number of rotatable bonds is 2. The molecule has 0 heterocycles. The summed E-state index contributed by atoms with van der Waals surface area (Å²) in [5.74, 6) is 0. The van der Waals surface area contributed by atoms with Crippen LogP contribution in [0.2, 0.25) is 0 Å². The molecule has 0 amide bonds. The Kier molecular flexibility index (Phi) is 4.30. The molecule has 0 aromatic heterocycles. The molecule has 3 N–H and O–H groups in total. The van der Waals surface area contributed by atoms with Gasteiger partial charge in [-0.05, 0) is 31.0 Å². The quantitative estimate of drug-likeness (QED) is 0.817. The Labute approximate surface area is 114 Å². The van der Waals surface area contributed by atoms with Crippen LogP contribution in [0.1, 0.15) is 31.2 Å². The fraction of sp³-hybridized carbons (Fsp3) is 0.538. The van der Waals surface area contributed by atoms with E-state index in [0.717, 1.165) is 37.8 Å². The van der Waals surface area contributed by atoms with Gasteiger partial charge in [0.15, 0.2) is 0 Å². The largest absolute Gasteiger partial charge is 0.416 e. The van der Waals surface area contributed by atoms with Crippen molar-refractivity contribution in [1.29, 1.82) is 0 Å². The molecule has 0 spiro atoms. The van der Waals surface area contributed by atoms with Crippen LogP contribution in [0.25, 0.3) is 0 Å². The molecular weight excluding hydrogens is 275 g/mol. The minimum Gasteiger partial charge on any atom is -0.398 e. The fourth-order valence-corrected chi connectivity index (χ4v) is 3.46. The molecule has 2 unspecified atom stereocenters. The number of hydrogen-bond donors (Lipinski definition) is 2. The summed E-state index contributed by atoms with van der Waals surface area (Å²) in [6, 6.07) is 3.38. The number of aliphatic hydroxyl groups is 1. The first-order valence-corrected chi connectivity index (χ1v) is 7.07. The monoisotopic (exact) mass is 291 g/mol. The molecule has 106 valence electrons. The van der Waals surface area contributed by atoms with Gasteiger partial charge in [0.2, 0.25) is 0 Å². The van der Waals surface area contributed by atoms with Gasteiger partial charge in [-0.25, -0.2) is 0 Å². The number of nitrogens with two attached hydrogens (primary N) is 1. The topological polar surface area (TPSA) is 46.2 Å². The van der Waals surface area contributed by atoms with Crippen molar-refractivity contribution in [3.05, 3.63) is 23.8 Å². The number of thioether (sulfide) groups is 1. The van der Waals surface area contributed by atoms with E-state index in [4.69, 9.17) is 5.73 Å². The van der Waals surface area contributed by atoms with Crippen molar-refractivity contribution in [1.82, 2.24) is 0 Å². The summed E-state index contributed by atoms with van der Waals surface area (Å²) in [4.78, 5) is 0.610. The molecule has 0 aliphatic heterocycles. The van der Waals surface area contributed by atoms with E-state index < -0.39 is 17.8 Å². The predicted octanol–water partition coefficient (Wildman–Crippen LogP) is 3.68. The highest BCUT2D eigenvalue weighted by Gasteiger charge is 2.31. The SMILES string of the molecule is Nc1cc(C(F)(F)F)ccc1SC1CCCCC1O. The highest BCUT2D eigenvalue weighted by atomic mass is 32.2. The van der Waals surface area contributed by atoms with Gasteiger partial charge in [-0.1, -0.05) is 12.8 Å². The van der Waals surface area contributed by atoms with Crippen LogP contribution in [0.5, 0.6) is 0 Å². The van der Waals surface area contributed by atoms with Crippen LogP contribution in [-0.2, 0) is 6.18 Å². The van der Waals surface area contributed by atoms with Crippen molar-refractivity contribution >= 4 is 17.4 Å². The lowest BCUT2D eigenvalue weighted by Crippen LogP contribution is -2.26. The van der Waals surface area contributed by atoms with Crippen molar-refractivity contribution in [2.24, 2.45) is 0 Å². The number of halogens is 3. The Bertz CT molecular complexity index is 450. The smallest absolute Gasteiger partial charge is 0.398 e. The molecule has 1 aromatic rings. The van der Waals surface area contributed by atoms with Gasteiger partial charge in [0.05, 0.1) is 11.7 Å². The summed E-state index contributed by atoms with van der Waals surface area (Å²) >= 11 is 1.38. The number of alkyl halides is 3. The summed E-state index contributed by atoms with van der Waals surface area (Å²) in [5, 5.41) is 9.88. The second kappa shape index (κ2) is 5.63. The summed E-state index contributed by atoms with van der Waals surface area (Å²) in [5.41, 5.74) is 5.06. The maximum atomic E-state index is 12.5. The van der Waals surface area contributed by atoms with Gasteiger partial charge in [-0.3, -0.25) is 0 Å². The molecule has 6 heteroatoms. The lowest BCUT2D eigenvalue weighted by atomic mass is 9.97. The highest BCUT2D eigenvalue weighted by Crippen LogP contribution is 2.39. The van der Waals surface area contributed by atoms with E-state index in [1.807, 2.05) is 0 Å². The Balaban J connectivity index is 2.13. The minimum atomic E-state index is -4.37. The number of nitrogen functional groups attached to an aromatic ring is 1. The number of benzene rings is 1. The zero-order valence-corrected chi connectivity index (χ0v) is 11.1. The molecule has 2 atom stereocenters. The second-order valence-corrected chi connectivity index (χ2v) is 6.04. The highest BCUT2D eigenvalue weighted by molar-refractivity contribution is 8.00. The molecule has 0 radical (unpaired) electrons. The molecular formula is C13H16F3NOS. The zero-order chi connectivity index (χ0) is 14.0. The third-order valence-electron chi connectivity index (χ3n) is 3.28. The number of hydrogen-bond acceptors (Lipinski definition) is 3. The number of anilines is 1. The van der Waals surface area contributed by atoms with Gasteiger partial charge in [0.1, 0.15) is 0 Å². The van der Waals surface area contributed by atoms with Gasteiger partial charge in [0.25, 0.3) is 0 Å². The van der Waals surface area contributed by atoms with Crippen LogP contribution in [0, 0.1) is 0 Å². The third kappa shape index (κ3) is 3.57. The normalized spacial score (nSPS) is 24.4. The first-order chi connectivity index (χ1) is 8.88. The van der Waals surface area contributed by atoms with E-state index in [1.54, 1.807) is 0 Å². The summed E-state index contributed by atoms with van der Waals surface area (Å²) < 4.78 is 37.6. The van der Waals surface area contributed by atoms with Crippen LogP contribution in [-0.4, -0.2) is 16.5 Å².